The highest BCUT2D eigenvalue weighted by molar-refractivity contribution is 7.92. The number of rotatable bonds is 7. The van der Waals surface area contributed by atoms with Gasteiger partial charge in [-0.15, -0.1) is 0 Å². The minimum atomic E-state index is -3.58. The summed E-state index contributed by atoms with van der Waals surface area (Å²) in [5.41, 5.74) is 0.722. The summed E-state index contributed by atoms with van der Waals surface area (Å²) in [6, 6.07) is 10.4. The number of sulfonamides is 1. The lowest BCUT2D eigenvalue weighted by molar-refractivity contribution is -0.124. The van der Waals surface area contributed by atoms with E-state index in [0.717, 1.165) is 6.26 Å². The minimum absolute atomic E-state index is 0.00507. The van der Waals surface area contributed by atoms with E-state index < -0.39 is 34.5 Å². The van der Waals surface area contributed by atoms with E-state index in [1.54, 1.807) is 37.3 Å². The van der Waals surface area contributed by atoms with Gasteiger partial charge in [0.1, 0.15) is 0 Å². The van der Waals surface area contributed by atoms with Crippen LogP contribution in [-0.2, 0) is 19.6 Å². The molecule has 150 valence electrons. The molecule has 0 aliphatic carbocycles. The number of hydrogen-bond acceptors (Lipinski definition) is 5. The van der Waals surface area contributed by atoms with Crippen molar-refractivity contribution in [2.45, 2.75) is 13.0 Å². The van der Waals surface area contributed by atoms with Crippen molar-refractivity contribution in [3.05, 3.63) is 63.6 Å². The fraction of sp³-hybridized carbons (Fsp3) is 0.222. The lowest BCUT2D eigenvalue weighted by atomic mass is 10.1. The van der Waals surface area contributed by atoms with Crippen LogP contribution >= 0.6 is 23.2 Å². The van der Waals surface area contributed by atoms with E-state index in [1.807, 2.05) is 0 Å². The number of halogens is 2. The molecule has 0 fully saturated rings. The zero-order valence-electron chi connectivity index (χ0n) is 15.0. The van der Waals surface area contributed by atoms with Gasteiger partial charge in [-0.2, -0.15) is 0 Å². The first-order chi connectivity index (χ1) is 13.1. The molecule has 28 heavy (non-hydrogen) atoms. The average molecular weight is 445 g/mol. The second kappa shape index (κ2) is 9.27. The topological polar surface area (TPSA) is 102 Å². The summed E-state index contributed by atoms with van der Waals surface area (Å²) in [4.78, 5) is 24.3. The highest BCUT2D eigenvalue weighted by Crippen LogP contribution is 2.26. The maximum Gasteiger partial charge on any atom is 0.340 e. The number of ether oxygens (including phenoxy) is 1. The van der Waals surface area contributed by atoms with Crippen LogP contribution in [0.25, 0.3) is 0 Å². The molecule has 0 spiro atoms. The zero-order valence-corrected chi connectivity index (χ0v) is 17.4. The van der Waals surface area contributed by atoms with E-state index in [0.29, 0.717) is 15.6 Å². The van der Waals surface area contributed by atoms with Gasteiger partial charge in [-0.1, -0.05) is 41.4 Å². The number of benzene rings is 2. The molecule has 2 aromatic rings. The van der Waals surface area contributed by atoms with Crippen molar-refractivity contribution in [3.8, 4) is 0 Å². The van der Waals surface area contributed by atoms with Crippen LogP contribution < -0.4 is 10.0 Å². The first kappa shape index (κ1) is 22.0. The molecule has 2 rings (SSSR count). The van der Waals surface area contributed by atoms with Crippen molar-refractivity contribution in [2.24, 2.45) is 0 Å². The van der Waals surface area contributed by atoms with Crippen LogP contribution in [0.15, 0.2) is 42.5 Å². The molecule has 0 saturated heterocycles. The van der Waals surface area contributed by atoms with Gasteiger partial charge in [0.25, 0.3) is 5.91 Å². The Kier molecular flexibility index (Phi) is 7.29. The molecule has 0 heterocycles. The maximum atomic E-state index is 12.2. The third kappa shape index (κ3) is 6.40. The highest BCUT2D eigenvalue weighted by Gasteiger charge is 2.18. The Morgan fingerprint density at radius 2 is 1.82 bits per heavy atom. The Bertz CT molecular complexity index is 995. The summed E-state index contributed by atoms with van der Waals surface area (Å²) in [5.74, 6) is -1.38. The van der Waals surface area contributed by atoms with Gasteiger partial charge in [0.05, 0.1) is 23.5 Å². The molecule has 2 N–H and O–H groups in total. The predicted octanol–water partition coefficient (Wildman–Crippen LogP) is 3.40. The lowest BCUT2D eigenvalue weighted by Crippen LogP contribution is -2.31. The molecule has 1 amide bonds. The fourth-order valence-electron chi connectivity index (χ4n) is 2.37. The molecule has 7 nitrogen and oxygen atoms in total. The lowest BCUT2D eigenvalue weighted by Gasteiger charge is -2.16. The molecule has 0 aliphatic heterocycles. The number of carbonyl (C=O) groups excluding carboxylic acids is 2. The van der Waals surface area contributed by atoms with Crippen LogP contribution in [0.5, 0.6) is 0 Å². The number of para-hydroxylation sites is 1. The van der Waals surface area contributed by atoms with Crippen molar-refractivity contribution in [1.29, 1.82) is 0 Å². The molecule has 0 bridgehead atoms. The molecule has 1 unspecified atom stereocenters. The van der Waals surface area contributed by atoms with Crippen molar-refractivity contribution in [1.82, 2.24) is 5.32 Å². The summed E-state index contributed by atoms with van der Waals surface area (Å²) in [6.07, 6.45) is 0.964. The second-order valence-electron chi connectivity index (χ2n) is 5.95. The number of esters is 1. The van der Waals surface area contributed by atoms with Gasteiger partial charge in [-0.3, -0.25) is 9.52 Å². The second-order valence-corrected chi connectivity index (χ2v) is 8.54. The minimum Gasteiger partial charge on any atom is -0.452 e. The SMILES string of the molecule is CC(NC(=O)COC(=O)c1ccccc1NS(C)(=O)=O)c1ccc(Cl)cc1Cl. The maximum absolute atomic E-state index is 12.2. The Balaban J connectivity index is 1.98. The Hall–Kier alpha value is -2.29. The Morgan fingerprint density at radius 3 is 2.46 bits per heavy atom. The van der Waals surface area contributed by atoms with Crippen molar-refractivity contribution in [2.75, 3.05) is 17.6 Å². The fourth-order valence-corrected chi connectivity index (χ4v) is 3.52. The number of hydrogen-bond donors (Lipinski definition) is 2. The van der Waals surface area contributed by atoms with Gasteiger partial charge in [0.2, 0.25) is 10.0 Å². The van der Waals surface area contributed by atoms with Gasteiger partial charge < -0.3 is 10.1 Å². The van der Waals surface area contributed by atoms with Gasteiger partial charge >= 0.3 is 5.97 Å². The van der Waals surface area contributed by atoms with Crippen LogP contribution in [0.3, 0.4) is 0 Å². The van der Waals surface area contributed by atoms with E-state index in [4.69, 9.17) is 27.9 Å². The molecule has 0 radical (unpaired) electrons. The molecule has 0 aromatic heterocycles. The number of nitrogens with one attached hydrogen (secondary N) is 2. The van der Waals surface area contributed by atoms with E-state index in [9.17, 15) is 18.0 Å². The first-order valence-electron chi connectivity index (χ1n) is 8.05. The van der Waals surface area contributed by atoms with E-state index >= 15 is 0 Å². The normalized spacial score (nSPS) is 12.1. The summed E-state index contributed by atoms with van der Waals surface area (Å²) in [7, 11) is -3.58. The third-order valence-electron chi connectivity index (χ3n) is 3.58. The van der Waals surface area contributed by atoms with E-state index in [1.165, 1.54) is 12.1 Å². The molecular formula is C18H18Cl2N2O5S. The van der Waals surface area contributed by atoms with Gasteiger partial charge in [-0.25, -0.2) is 13.2 Å². The summed E-state index contributed by atoms with van der Waals surface area (Å²) < 4.78 is 30.0. The van der Waals surface area contributed by atoms with Crippen LogP contribution in [0, 0.1) is 0 Å². The average Bonchev–Trinajstić information content (AvgIpc) is 2.58. The molecule has 0 aliphatic rings. The molecule has 0 saturated carbocycles. The summed E-state index contributed by atoms with van der Waals surface area (Å²) >= 11 is 12.0. The van der Waals surface area contributed by atoms with Crippen LogP contribution in [0.1, 0.15) is 28.9 Å². The largest absolute Gasteiger partial charge is 0.452 e. The van der Waals surface area contributed by atoms with Crippen LogP contribution in [-0.4, -0.2) is 33.2 Å². The molecule has 10 heteroatoms. The van der Waals surface area contributed by atoms with Crippen LogP contribution in [0.4, 0.5) is 5.69 Å². The Labute approximate surface area is 173 Å². The predicted molar refractivity (Wildman–Crippen MR) is 108 cm³/mol. The number of amides is 1. The van der Waals surface area contributed by atoms with Crippen LogP contribution in [0.2, 0.25) is 10.0 Å². The standard InChI is InChI=1S/C18H18Cl2N2O5S/c1-11(13-8-7-12(19)9-15(13)20)21-17(23)10-27-18(24)14-5-3-4-6-16(14)22-28(2,25)26/h3-9,11,22H,10H2,1-2H3,(H,21,23). The smallest absolute Gasteiger partial charge is 0.340 e. The van der Waals surface area contributed by atoms with E-state index in [-0.39, 0.29) is 11.3 Å². The van der Waals surface area contributed by atoms with Crippen molar-refractivity contribution in [3.63, 3.8) is 0 Å². The van der Waals surface area contributed by atoms with Gasteiger partial charge in [0.15, 0.2) is 6.61 Å². The number of anilines is 1. The highest BCUT2D eigenvalue weighted by atomic mass is 35.5. The van der Waals surface area contributed by atoms with Crippen molar-refractivity contribution < 1.29 is 22.7 Å². The molecule has 1 atom stereocenters. The molecule has 2 aromatic carbocycles. The first-order valence-corrected chi connectivity index (χ1v) is 10.7. The Morgan fingerprint density at radius 1 is 1.14 bits per heavy atom. The quantitative estimate of drug-likeness (QED) is 0.637. The third-order valence-corrected chi connectivity index (χ3v) is 4.74. The monoisotopic (exact) mass is 444 g/mol. The van der Waals surface area contributed by atoms with Gasteiger partial charge in [-0.05, 0) is 36.8 Å². The number of carbonyl (C=O) groups is 2. The summed E-state index contributed by atoms with van der Waals surface area (Å²) in [6.45, 7) is 1.18. The van der Waals surface area contributed by atoms with Gasteiger partial charge in [0, 0.05) is 10.0 Å². The zero-order chi connectivity index (χ0) is 20.9. The summed E-state index contributed by atoms with van der Waals surface area (Å²) in [5, 5.41) is 3.54. The molecular weight excluding hydrogens is 427 g/mol. The van der Waals surface area contributed by atoms with E-state index in [2.05, 4.69) is 10.0 Å². The van der Waals surface area contributed by atoms with Crippen molar-refractivity contribution >= 4 is 50.8 Å².